The van der Waals surface area contributed by atoms with Gasteiger partial charge >= 0.3 is 0 Å². The average molecular weight is 317 g/mol. The molecule has 1 aromatic heterocycles. The van der Waals surface area contributed by atoms with Crippen LogP contribution in [0.25, 0.3) is 0 Å². The molecule has 0 amide bonds. The van der Waals surface area contributed by atoms with Crippen LogP contribution in [-0.4, -0.2) is 12.9 Å². The third-order valence-corrected chi connectivity index (χ3v) is 2.96. The topological polar surface area (TPSA) is 39.4 Å². The molecule has 2 rings (SSSR count). The number of hydrogen-bond acceptors (Lipinski definition) is 3. The number of carbonyl (C=O) groups is 1. The Labute approximate surface area is 109 Å². The molecule has 0 radical (unpaired) electrons. The van der Waals surface area contributed by atoms with E-state index in [0.717, 1.165) is 12.1 Å². The summed E-state index contributed by atoms with van der Waals surface area (Å²) >= 11 is 2.98. The van der Waals surface area contributed by atoms with Gasteiger partial charge in [-0.05, 0) is 22.0 Å². The first-order valence-electron chi connectivity index (χ1n) is 4.85. The van der Waals surface area contributed by atoms with E-state index in [1.807, 2.05) is 0 Å². The molecule has 2 aromatic rings. The summed E-state index contributed by atoms with van der Waals surface area (Å²) in [6, 6.07) is 3.23. The number of rotatable bonds is 3. The summed E-state index contributed by atoms with van der Waals surface area (Å²) in [5, 5.41) is 0. The second-order valence-corrected chi connectivity index (χ2v) is 4.12. The maximum absolute atomic E-state index is 13.7. The van der Waals surface area contributed by atoms with Crippen LogP contribution in [0, 0.1) is 11.6 Å². The molecule has 3 nitrogen and oxygen atoms in total. The number of carbonyl (C=O) groups excluding carboxylic acids is 1. The SMILES string of the molecule is COc1cc(F)c(C(=O)c2ccoc2Br)c(F)c1. The molecule has 0 N–H and O–H groups in total. The molecule has 0 aliphatic rings. The molecule has 6 heteroatoms. The fraction of sp³-hybridized carbons (Fsp3) is 0.0833. The van der Waals surface area contributed by atoms with Crippen LogP contribution in [0.15, 0.2) is 33.5 Å². The number of furan rings is 1. The minimum atomic E-state index is -0.982. The molecule has 1 aromatic carbocycles. The van der Waals surface area contributed by atoms with Crippen molar-refractivity contribution in [1.29, 1.82) is 0 Å². The van der Waals surface area contributed by atoms with Crippen LogP contribution in [0.5, 0.6) is 5.75 Å². The molecular weight excluding hydrogens is 310 g/mol. The summed E-state index contributed by atoms with van der Waals surface area (Å²) in [6.45, 7) is 0. The molecule has 0 spiro atoms. The van der Waals surface area contributed by atoms with E-state index in [1.54, 1.807) is 0 Å². The summed E-state index contributed by atoms with van der Waals surface area (Å²) in [7, 11) is 1.28. The van der Waals surface area contributed by atoms with Gasteiger partial charge in [-0.2, -0.15) is 0 Å². The van der Waals surface area contributed by atoms with Crippen LogP contribution in [0.4, 0.5) is 8.78 Å². The number of ketones is 1. The number of hydrogen-bond donors (Lipinski definition) is 0. The first kappa shape index (κ1) is 12.8. The Morgan fingerprint density at radius 3 is 2.39 bits per heavy atom. The van der Waals surface area contributed by atoms with Gasteiger partial charge in [0.1, 0.15) is 17.4 Å². The molecule has 0 fully saturated rings. The Kier molecular flexibility index (Phi) is 3.47. The molecule has 0 saturated carbocycles. The number of benzene rings is 1. The van der Waals surface area contributed by atoms with Gasteiger partial charge in [0.2, 0.25) is 5.78 Å². The number of methoxy groups -OCH3 is 1. The van der Waals surface area contributed by atoms with Gasteiger partial charge < -0.3 is 9.15 Å². The molecule has 1 heterocycles. The van der Waals surface area contributed by atoms with Crippen molar-refractivity contribution in [3.63, 3.8) is 0 Å². The summed E-state index contributed by atoms with van der Waals surface area (Å²) in [5.41, 5.74) is -0.587. The molecule has 94 valence electrons. The third-order valence-electron chi connectivity index (χ3n) is 2.34. The van der Waals surface area contributed by atoms with Crippen LogP contribution in [0.1, 0.15) is 15.9 Å². The van der Waals surface area contributed by atoms with E-state index in [2.05, 4.69) is 15.9 Å². The smallest absolute Gasteiger partial charge is 0.203 e. The number of halogens is 3. The summed E-state index contributed by atoms with van der Waals surface area (Å²) in [6.07, 6.45) is 1.25. The van der Waals surface area contributed by atoms with Crippen molar-refractivity contribution in [1.82, 2.24) is 0 Å². The van der Waals surface area contributed by atoms with Crippen LogP contribution in [0.3, 0.4) is 0 Å². The molecule has 0 saturated heterocycles. The first-order valence-corrected chi connectivity index (χ1v) is 5.64. The van der Waals surface area contributed by atoms with Crippen molar-refractivity contribution in [3.8, 4) is 5.75 Å². The highest BCUT2D eigenvalue weighted by atomic mass is 79.9. The molecule has 0 atom stereocenters. The lowest BCUT2D eigenvalue weighted by atomic mass is 10.0. The van der Waals surface area contributed by atoms with E-state index in [1.165, 1.54) is 19.4 Å². The Balaban J connectivity index is 2.52. The Hall–Kier alpha value is -1.69. The Bertz CT molecular complexity index is 584. The van der Waals surface area contributed by atoms with Crippen molar-refractivity contribution in [2.24, 2.45) is 0 Å². The van der Waals surface area contributed by atoms with Crippen LogP contribution in [0.2, 0.25) is 0 Å². The van der Waals surface area contributed by atoms with E-state index in [-0.39, 0.29) is 16.0 Å². The lowest BCUT2D eigenvalue weighted by Gasteiger charge is -2.06. The molecule has 0 unspecified atom stereocenters. The highest BCUT2D eigenvalue weighted by Gasteiger charge is 2.23. The largest absolute Gasteiger partial charge is 0.497 e. The van der Waals surface area contributed by atoms with Crippen molar-refractivity contribution in [2.45, 2.75) is 0 Å². The second-order valence-electron chi connectivity index (χ2n) is 3.40. The zero-order valence-electron chi connectivity index (χ0n) is 9.17. The Morgan fingerprint density at radius 2 is 1.94 bits per heavy atom. The van der Waals surface area contributed by atoms with Gasteiger partial charge in [-0.3, -0.25) is 4.79 Å². The zero-order chi connectivity index (χ0) is 13.3. The van der Waals surface area contributed by atoms with Crippen LogP contribution in [-0.2, 0) is 0 Å². The normalized spacial score (nSPS) is 10.4. The van der Waals surface area contributed by atoms with Crippen molar-refractivity contribution >= 4 is 21.7 Å². The van der Waals surface area contributed by atoms with Gasteiger partial charge in [0.25, 0.3) is 0 Å². The van der Waals surface area contributed by atoms with E-state index < -0.39 is 23.0 Å². The third kappa shape index (κ3) is 2.15. The van der Waals surface area contributed by atoms with Gasteiger partial charge in [-0.15, -0.1) is 0 Å². The van der Waals surface area contributed by atoms with Crippen molar-refractivity contribution in [3.05, 3.63) is 51.9 Å². The monoisotopic (exact) mass is 316 g/mol. The number of ether oxygens (including phenoxy) is 1. The van der Waals surface area contributed by atoms with Crippen LogP contribution >= 0.6 is 15.9 Å². The van der Waals surface area contributed by atoms with E-state index in [4.69, 9.17) is 9.15 Å². The van der Waals surface area contributed by atoms with Gasteiger partial charge in [0.05, 0.1) is 24.5 Å². The average Bonchev–Trinajstić information content (AvgIpc) is 2.74. The molecule has 0 bridgehead atoms. The minimum absolute atomic E-state index is 0.00723. The maximum Gasteiger partial charge on any atom is 0.203 e. The summed E-state index contributed by atoms with van der Waals surface area (Å²) in [4.78, 5) is 12.0. The predicted molar refractivity (Wildman–Crippen MR) is 62.8 cm³/mol. The van der Waals surface area contributed by atoms with Gasteiger partial charge in [0.15, 0.2) is 4.67 Å². The highest BCUT2D eigenvalue weighted by Crippen LogP contribution is 2.26. The predicted octanol–water partition coefficient (Wildman–Crippen LogP) is 3.56. The molecule has 0 aliphatic carbocycles. The maximum atomic E-state index is 13.7. The fourth-order valence-electron chi connectivity index (χ4n) is 1.48. The Morgan fingerprint density at radius 1 is 1.33 bits per heavy atom. The van der Waals surface area contributed by atoms with Crippen LogP contribution < -0.4 is 4.74 Å². The molecule has 18 heavy (non-hydrogen) atoms. The minimum Gasteiger partial charge on any atom is -0.497 e. The summed E-state index contributed by atoms with van der Waals surface area (Å²) in [5.74, 6) is -2.75. The van der Waals surface area contributed by atoms with Crippen molar-refractivity contribution < 1.29 is 22.7 Å². The zero-order valence-corrected chi connectivity index (χ0v) is 10.8. The van der Waals surface area contributed by atoms with E-state index in [9.17, 15) is 13.6 Å². The molecule has 0 aliphatic heterocycles. The lowest BCUT2D eigenvalue weighted by molar-refractivity contribution is 0.102. The highest BCUT2D eigenvalue weighted by molar-refractivity contribution is 9.10. The van der Waals surface area contributed by atoms with Gasteiger partial charge in [0, 0.05) is 12.1 Å². The fourth-order valence-corrected chi connectivity index (χ4v) is 1.90. The second kappa shape index (κ2) is 4.89. The van der Waals surface area contributed by atoms with Gasteiger partial charge in [-0.1, -0.05) is 0 Å². The first-order chi connectivity index (χ1) is 8.54. The standard InChI is InChI=1S/C12H7BrF2O3/c1-17-6-4-8(14)10(9(15)5-6)11(16)7-2-3-18-12(7)13/h2-5H,1H3. The lowest BCUT2D eigenvalue weighted by Crippen LogP contribution is -2.07. The van der Waals surface area contributed by atoms with E-state index >= 15 is 0 Å². The van der Waals surface area contributed by atoms with E-state index in [0.29, 0.717) is 0 Å². The van der Waals surface area contributed by atoms with Gasteiger partial charge in [-0.25, -0.2) is 8.78 Å². The quantitative estimate of drug-likeness (QED) is 0.813. The molecular formula is C12H7BrF2O3. The van der Waals surface area contributed by atoms with Crippen molar-refractivity contribution in [2.75, 3.05) is 7.11 Å². The summed E-state index contributed by atoms with van der Waals surface area (Å²) < 4.78 is 37.1.